The Morgan fingerprint density at radius 3 is 2.33 bits per heavy atom. The number of aromatic hydroxyl groups is 2. The van der Waals surface area contributed by atoms with Gasteiger partial charge in [-0.3, -0.25) is 0 Å². The Bertz CT molecular complexity index is 376. The maximum Gasteiger partial charge on any atom is 0.122 e. The van der Waals surface area contributed by atoms with E-state index in [4.69, 9.17) is 0 Å². The predicted molar refractivity (Wildman–Crippen MR) is 69.4 cm³/mol. The molecule has 0 bridgehead atoms. The van der Waals surface area contributed by atoms with Crippen molar-refractivity contribution in [3.05, 3.63) is 23.3 Å². The van der Waals surface area contributed by atoms with Gasteiger partial charge in [-0.25, -0.2) is 0 Å². The Labute approximate surface area is 108 Å². The summed E-state index contributed by atoms with van der Waals surface area (Å²) in [6.07, 6.45) is 3.79. The molecule has 0 heterocycles. The zero-order valence-corrected chi connectivity index (χ0v) is 10.8. The Morgan fingerprint density at radius 1 is 1.06 bits per heavy atom. The highest BCUT2D eigenvalue weighted by Crippen LogP contribution is 2.35. The zero-order chi connectivity index (χ0) is 13.5. The van der Waals surface area contributed by atoms with Crippen molar-refractivity contribution < 1.29 is 20.4 Å². The van der Waals surface area contributed by atoms with Crippen LogP contribution < -0.4 is 0 Å². The predicted octanol–water partition coefficient (Wildman–Crippen LogP) is 2.59. The topological polar surface area (TPSA) is 80.9 Å². The van der Waals surface area contributed by atoms with E-state index in [1.165, 1.54) is 12.1 Å². The van der Waals surface area contributed by atoms with E-state index in [1.54, 1.807) is 0 Å². The summed E-state index contributed by atoms with van der Waals surface area (Å²) in [5, 5.41) is 38.6. The van der Waals surface area contributed by atoms with Crippen LogP contribution in [0.2, 0.25) is 0 Å². The van der Waals surface area contributed by atoms with E-state index >= 15 is 0 Å². The lowest BCUT2D eigenvalue weighted by atomic mass is 9.96. The highest BCUT2D eigenvalue weighted by Gasteiger charge is 2.19. The van der Waals surface area contributed by atoms with E-state index in [-0.39, 0.29) is 22.6 Å². The summed E-state index contributed by atoms with van der Waals surface area (Å²) in [5.74, 6) is -0.183. The van der Waals surface area contributed by atoms with Crippen LogP contribution in [0.1, 0.15) is 56.3 Å². The molecule has 0 amide bonds. The third-order valence-corrected chi connectivity index (χ3v) is 3.13. The van der Waals surface area contributed by atoms with E-state index < -0.39 is 12.7 Å². The van der Waals surface area contributed by atoms with Gasteiger partial charge in [-0.15, -0.1) is 0 Å². The molecular weight excluding hydrogens is 232 g/mol. The van der Waals surface area contributed by atoms with Crippen molar-refractivity contribution in [2.75, 3.05) is 0 Å². The molecule has 1 atom stereocenters. The average molecular weight is 254 g/mol. The highest BCUT2D eigenvalue weighted by atomic mass is 16.3. The molecule has 0 radical (unpaired) electrons. The third kappa shape index (κ3) is 3.62. The molecule has 4 nitrogen and oxygen atoms in total. The second-order valence-corrected chi connectivity index (χ2v) is 4.52. The minimum atomic E-state index is -0.851. The van der Waals surface area contributed by atoms with Crippen molar-refractivity contribution in [1.29, 1.82) is 0 Å². The molecule has 0 aliphatic heterocycles. The van der Waals surface area contributed by atoms with Crippen LogP contribution in [-0.4, -0.2) is 20.4 Å². The summed E-state index contributed by atoms with van der Waals surface area (Å²) in [5.41, 5.74) is 0.451. The Balaban J connectivity index is 2.77. The molecule has 1 rings (SSSR count). The first-order valence-corrected chi connectivity index (χ1v) is 6.44. The Morgan fingerprint density at radius 2 is 1.72 bits per heavy atom. The van der Waals surface area contributed by atoms with Gasteiger partial charge in [0.2, 0.25) is 0 Å². The molecule has 4 N–H and O–H groups in total. The molecule has 1 aromatic carbocycles. The monoisotopic (exact) mass is 254 g/mol. The molecule has 0 fully saturated rings. The summed E-state index contributed by atoms with van der Waals surface area (Å²) in [4.78, 5) is 0. The van der Waals surface area contributed by atoms with Gasteiger partial charge in [0, 0.05) is 11.1 Å². The number of hydrogen-bond acceptors (Lipinski definition) is 4. The van der Waals surface area contributed by atoms with Gasteiger partial charge in [-0.2, -0.15) is 0 Å². The molecule has 102 valence electrons. The molecule has 18 heavy (non-hydrogen) atoms. The second kappa shape index (κ2) is 7.24. The molecule has 0 saturated heterocycles. The van der Waals surface area contributed by atoms with Crippen LogP contribution in [0.15, 0.2) is 12.1 Å². The van der Waals surface area contributed by atoms with E-state index in [0.717, 1.165) is 25.7 Å². The fourth-order valence-corrected chi connectivity index (χ4v) is 2.09. The van der Waals surface area contributed by atoms with Crippen molar-refractivity contribution in [1.82, 2.24) is 0 Å². The molecule has 1 aromatic rings. The normalized spacial score (nSPS) is 12.6. The number of hydrogen-bond donors (Lipinski definition) is 4. The SMILES string of the molecule is CCCCCC[C@H](O)c1c(O)ccc(O)c1CO. The first-order valence-electron chi connectivity index (χ1n) is 6.44. The van der Waals surface area contributed by atoms with Crippen LogP contribution in [-0.2, 0) is 6.61 Å². The maximum absolute atomic E-state index is 10.1. The van der Waals surface area contributed by atoms with Crippen molar-refractivity contribution in [2.45, 2.75) is 51.7 Å². The van der Waals surface area contributed by atoms with Crippen molar-refractivity contribution in [3.63, 3.8) is 0 Å². The minimum Gasteiger partial charge on any atom is -0.508 e. The lowest BCUT2D eigenvalue weighted by Crippen LogP contribution is -2.03. The summed E-state index contributed by atoms with van der Waals surface area (Å²) in [7, 11) is 0. The number of phenols is 2. The number of benzene rings is 1. The number of rotatable bonds is 7. The molecular formula is C14H22O4. The van der Waals surface area contributed by atoms with Gasteiger partial charge in [-0.1, -0.05) is 32.6 Å². The number of aliphatic hydroxyl groups is 2. The van der Waals surface area contributed by atoms with E-state index in [1.807, 2.05) is 0 Å². The zero-order valence-electron chi connectivity index (χ0n) is 10.8. The minimum absolute atomic E-state index is 0.0835. The number of unbranched alkanes of at least 4 members (excludes halogenated alkanes) is 3. The standard InChI is InChI=1S/C14H22O4/c1-2-3-4-5-6-12(17)14-10(9-15)11(16)7-8-13(14)18/h7-8,12,15-18H,2-6,9H2,1H3/t12-/m0/s1. The van der Waals surface area contributed by atoms with Crippen LogP contribution in [0.4, 0.5) is 0 Å². The summed E-state index contributed by atoms with van der Waals surface area (Å²) in [6, 6.07) is 2.65. The van der Waals surface area contributed by atoms with Crippen LogP contribution in [0, 0.1) is 0 Å². The van der Waals surface area contributed by atoms with E-state index in [9.17, 15) is 20.4 Å². The van der Waals surface area contributed by atoms with E-state index in [2.05, 4.69) is 6.92 Å². The van der Waals surface area contributed by atoms with Gasteiger partial charge in [0.05, 0.1) is 12.7 Å². The van der Waals surface area contributed by atoms with Gasteiger partial charge >= 0.3 is 0 Å². The van der Waals surface area contributed by atoms with Gasteiger partial charge in [0.25, 0.3) is 0 Å². The summed E-state index contributed by atoms with van der Waals surface area (Å²) in [6.45, 7) is 1.71. The smallest absolute Gasteiger partial charge is 0.122 e. The largest absolute Gasteiger partial charge is 0.508 e. The molecule has 4 heteroatoms. The number of aliphatic hydroxyl groups excluding tert-OH is 2. The lowest BCUT2D eigenvalue weighted by molar-refractivity contribution is 0.154. The van der Waals surface area contributed by atoms with Crippen molar-refractivity contribution in [3.8, 4) is 11.5 Å². The fourth-order valence-electron chi connectivity index (χ4n) is 2.09. The lowest BCUT2D eigenvalue weighted by Gasteiger charge is -2.17. The number of phenolic OH excluding ortho intramolecular Hbond substituents is 1. The van der Waals surface area contributed by atoms with Crippen LogP contribution in [0.25, 0.3) is 0 Å². The van der Waals surface area contributed by atoms with E-state index in [0.29, 0.717) is 6.42 Å². The molecule has 0 spiro atoms. The molecule has 0 unspecified atom stereocenters. The first kappa shape index (κ1) is 14.8. The second-order valence-electron chi connectivity index (χ2n) is 4.52. The van der Waals surface area contributed by atoms with Crippen molar-refractivity contribution in [2.24, 2.45) is 0 Å². The first-order chi connectivity index (χ1) is 8.61. The summed E-state index contributed by atoms with van der Waals surface area (Å²) >= 11 is 0. The maximum atomic E-state index is 10.1. The van der Waals surface area contributed by atoms with Gasteiger partial charge in [-0.05, 0) is 18.6 Å². The average Bonchev–Trinajstić information content (AvgIpc) is 2.36. The third-order valence-electron chi connectivity index (χ3n) is 3.13. The van der Waals surface area contributed by atoms with Crippen LogP contribution in [0.3, 0.4) is 0 Å². The van der Waals surface area contributed by atoms with Crippen LogP contribution >= 0.6 is 0 Å². The Hall–Kier alpha value is -1.26. The van der Waals surface area contributed by atoms with Crippen LogP contribution in [0.5, 0.6) is 11.5 Å². The van der Waals surface area contributed by atoms with Crippen molar-refractivity contribution >= 4 is 0 Å². The molecule has 0 saturated carbocycles. The molecule has 0 aliphatic rings. The molecule has 0 aromatic heterocycles. The quantitative estimate of drug-likeness (QED) is 0.445. The van der Waals surface area contributed by atoms with Gasteiger partial charge < -0.3 is 20.4 Å². The fraction of sp³-hybridized carbons (Fsp3) is 0.571. The highest BCUT2D eigenvalue weighted by molar-refractivity contribution is 5.48. The molecule has 0 aliphatic carbocycles. The Kier molecular flexibility index (Phi) is 5.95. The summed E-state index contributed by atoms with van der Waals surface area (Å²) < 4.78 is 0. The van der Waals surface area contributed by atoms with Gasteiger partial charge in [0.15, 0.2) is 0 Å². The van der Waals surface area contributed by atoms with Gasteiger partial charge in [0.1, 0.15) is 11.5 Å².